The smallest absolute Gasteiger partial charge is 0.354 e. The van der Waals surface area contributed by atoms with Crippen molar-refractivity contribution in [1.82, 2.24) is 15.0 Å². The van der Waals surface area contributed by atoms with E-state index in [1.54, 1.807) is 24.5 Å². The third kappa shape index (κ3) is 4.25. The van der Waals surface area contributed by atoms with E-state index in [4.69, 9.17) is 0 Å². The van der Waals surface area contributed by atoms with Crippen LogP contribution in [0.2, 0.25) is 0 Å². The van der Waals surface area contributed by atoms with Crippen molar-refractivity contribution in [3.8, 4) is 11.3 Å². The topological polar surface area (TPSA) is 58.6 Å². The number of rotatable bonds is 3. The van der Waals surface area contributed by atoms with Crippen molar-refractivity contribution >= 4 is 10.9 Å². The van der Waals surface area contributed by atoms with Gasteiger partial charge in [0.05, 0.1) is 22.5 Å². The van der Waals surface area contributed by atoms with Gasteiger partial charge in [-0.05, 0) is 49.3 Å². The van der Waals surface area contributed by atoms with Crippen molar-refractivity contribution in [3.05, 3.63) is 58.3 Å². The monoisotopic (exact) mass is 463 g/mol. The Morgan fingerprint density at radius 1 is 1.00 bits per heavy atom. The minimum Gasteiger partial charge on any atom is -0.354 e. The van der Waals surface area contributed by atoms with Gasteiger partial charge in [0.2, 0.25) is 5.92 Å². The van der Waals surface area contributed by atoms with Crippen LogP contribution in [0, 0.1) is 5.92 Å². The molecule has 2 fully saturated rings. The Hall–Kier alpha value is -2.84. The van der Waals surface area contributed by atoms with E-state index in [-0.39, 0.29) is 42.9 Å². The average Bonchev–Trinajstić information content (AvgIpc) is 2.76. The zero-order valence-electron chi connectivity index (χ0n) is 17.6. The fraction of sp³-hybridized carbons (Fsp3) is 0.458. The summed E-state index contributed by atoms with van der Waals surface area (Å²) in [5.41, 5.74) is 2.77. The van der Waals surface area contributed by atoms with Gasteiger partial charge in [-0.2, -0.15) is 13.2 Å². The van der Waals surface area contributed by atoms with E-state index in [1.807, 2.05) is 0 Å². The quantitative estimate of drug-likeness (QED) is 0.462. The molecular formula is C24H22F5N3O. The Morgan fingerprint density at radius 3 is 2.39 bits per heavy atom. The summed E-state index contributed by atoms with van der Waals surface area (Å²) in [7, 11) is 0. The Bertz CT molecular complexity index is 1240. The van der Waals surface area contributed by atoms with E-state index in [2.05, 4.69) is 15.0 Å². The molecule has 0 bridgehead atoms. The summed E-state index contributed by atoms with van der Waals surface area (Å²) in [6, 6.07) is 4.87. The predicted molar refractivity (Wildman–Crippen MR) is 113 cm³/mol. The molecule has 3 aromatic heterocycles. The number of H-pyrrole nitrogens is 1. The van der Waals surface area contributed by atoms with Crippen molar-refractivity contribution in [1.29, 1.82) is 0 Å². The van der Waals surface area contributed by atoms with E-state index in [0.29, 0.717) is 40.7 Å². The molecule has 0 atom stereocenters. The largest absolute Gasteiger partial charge is 0.391 e. The van der Waals surface area contributed by atoms with Crippen LogP contribution in [0.25, 0.3) is 22.2 Å². The number of alkyl halides is 5. The molecule has 0 saturated heterocycles. The molecule has 4 nitrogen and oxygen atoms in total. The standard InChI is InChI=1S/C24H22F5N3O/c25-23(26)9-14(10-23)20-7-16(13-1-3-15(4-2-13)24(27,28)29)17(12-31-20)21-8-22(33)18-11-30-6-5-19(18)32-21/h5-8,11-15H,1-4,9-10H2,(H,32,33)/t13-,15+. The molecule has 0 spiro atoms. The molecule has 2 aliphatic rings. The zero-order chi connectivity index (χ0) is 23.4. The number of aromatic nitrogens is 3. The van der Waals surface area contributed by atoms with Crippen LogP contribution in [0.3, 0.4) is 0 Å². The normalized spacial score (nSPS) is 23.4. The lowest BCUT2D eigenvalue weighted by atomic mass is 9.75. The first kappa shape index (κ1) is 22.0. The second kappa shape index (κ2) is 7.88. The summed E-state index contributed by atoms with van der Waals surface area (Å²) in [4.78, 5) is 24.2. The molecule has 0 aliphatic heterocycles. The van der Waals surface area contributed by atoms with Crippen molar-refractivity contribution in [2.75, 3.05) is 0 Å². The highest BCUT2D eigenvalue weighted by Gasteiger charge is 2.47. The average molecular weight is 463 g/mol. The maximum atomic E-state index is 13.4. The van der Waals surface area contributed by atoms with Crippen LogP contribution >= 0.6 is 0 Å². The number of halogens is 5. The number of nitrogens with zero attached hydrogens (tertiary/aromatic N) is 2. The number of hydrogen-bond acceptors (Lipinski definition) is 3. The van der Waals surface area contributed by atoms with Gasteiger partial charge in [0.25, 0.3) is 0 Å². The van der Waals surface area contributed by atoms with Crippen LogP contribution in [-0.2, 0) is 0 Å². The lowest BCUT2D eigenvalue weighted by Crippen LogP contribution is -2.34. The Labute approximate surface area is 186 Å². The van der Waals surface area contributed by atoms with Crippen molar-refractivity contribution in [3.63, 3.8) is 0 Å². The highest BCUT2D eigenvalue weighted by Crippen LogP contribution is 2.49. The number of aromatic amines is 1. The van der Waals surface area contributed by atoms with Gasteiger partial charge >= 0.3 is 6.18 Å². The van der Waals surface area contributed by atoms with Crippen LogP contribution in [0.15, 0.2) is 41.6 Å². The fourth-order valence-corrected chi connectivity index (χ4v) is 5.11. The van der Waals surface area contributed by atoms with Gasteiger partial charge in [-0.3, -0.25) is 14.8 Å². The van der Waals surface area contributed by atoms with E-state index < -0.39 is 18.0 Å². The van der Waals surface area contributed by atoms with E-state index in [0.717, 1.165) is 5.56 Å². The second-order valence-corrected chi connectivity index (χ2v) is 9.22. The van der Waals surface area contributed by atoms with E-state index in [1.165, 1.54) is 12.3 Å². The van der Waals surface area contributed by atoms with Crippen molar-refractivity contribution in [2.45, 2.75) is 62.5 Å². The Morgan fingerprint density at radius 2 is 1.73 bits per heavy atom. The predicted octanol–water partition coefficient (Wildman–Crippen LogP) is 6.33. The molecule has 5 rings (SSSR count). The number of pyridine rings is 3. The third-order valence-electron chi connectivity index (χ3n) is 7.02. The summed E-state index contributed by atoms with van der Waals surface area (Å²) in [6.45, 7) is 0. The molecule has 0 radical (unpaired) electrons. The summed E-state index contributed by atoms with van der Waals surface area (Å²) < 4.78 is 66.4. The van der Waals surface area contributed by atoms with Crippen LogP contribution in [0.5, 0.6) is 0 Å². The highest BCUT2D eigenvalue weighted by atomic mass is 19.4. The molecule has 0 unspecified atom stereocenters. The maximum absolute atomic E-state index is 13.4. The van der Waals surface area contributed by atoms with Crippen LogP contribution in [0.1, 0.15) is 61.6 Å². The summed E-state index contributed by atoms with van der Waals surface area (Å²) in [5.74, 6) is -4.57. The summed E-state index contributed by atoms with van der Waals surface area (Å²) in [6.07, 6.45) is 0.529. The SMILES string of the molecule is O=c1cc(-c2cnc(C3CC(F)(F)C3)cc2[C@H]2CC[C@@H](C(F)(F)F)CC2)[nH]c2ccncc12. The van der Waals surface area contributed by atoms with Crippen LogP contribution < -0.4 is 5.43 Å². The molecule has 33 heavy (non-hydrogen) atoms. The maximum Gasteiger partial charge on any atom is 0.391 e. The molecule has 9 heteroatoms. The van der Waals surface area contributed by atoms with Crippen LogP contribution in [0.4, 0.5) is 22.0 Å². The lowest BCUT2D eigenvalue weighted by Gasteiger charge is -2.35. The minimum atomic E-state index is -4.22. The van der Waals surface area contributed by atoms with Gasteiger partial charge in [0.15, 0.2) is 5.43 Å². The van der Waals surface area contributed by atoms with Crippen molar-refractivity contribution in [2.24, 2.45) is 5.92 Å². The molecule has 3 heterocycles. The highest BCUT2D eigenvalue weighted by molar-refractivity contribution is 5.81. The minimum absolute atomic E-state index is 0.0205. The first-order valence-corrected chi connectivity index (χ1v) is 11.0. The molecule has 0 amide bonds. The third-order valence-corrected chi connectivity index (χ3v) is 7.02. The van der Waals surface area contributed by atoms with Gasteiger partial charge in [0, 0.05) is 54.7 Å². The van der Waals surface area contributed by atoms with Gasteiger partial charge < -0.3 is 4.98 Å². The molecule has 174 valence electrons. The Kier molecular flexibility index (Phi) is 5.25. The van der Waals surface area contributed by atoms with Gasteiger partial charge in [-0.15, -0.1) is 0 Å². The summed E-state index contributed by atoms with van der Waals surface area (Å²) >= 11 is 0. The Balaban J connectivity index is 1.54. The lowest BCUT2D eigenvalue weighted by molar-refractivity contribution is -0.182. The fourth-order valence-electron chi connectivity index (χ4n) is 5.11. The molecule has 1 N–H and O–H groups in total. The van der Waals surface area contributed by atoms with Gasteiger partial charge in [0.1, 0.15) is 0 Å². The molecular weight excluding hydrogens is 441 g/mol. The van der Waals surface area contributed by atoms with E-state index in [9.17, 15) is 26.7 Å². The van der Waals surface area contributed by atoms with Gasteiger partial charge in [-0.1, -0.05) is 0 Å². The second-order valence-electron chi connectivity index (χ2n) is 9.22. The molecule has 2 saturated carbocycles. The summed E-state index contributed by atoms with van der Waals surface area (Å²) in [5, 5.41) is 0.426. The number of hydrogen-bond donors (Lipinski definition) is 1. The number of fused-ring (bicyclic) bond motifs is 1. The van der Waals surface area contributed by atoms with E-state index >= 15 is 0 Å². The molecule has 2 aliphatic carbocycles. The molecule has 0 aromatic carbocycles. The van der Waals surface area contributed by atoms with Crippen molar-refractivity contribution < 1.29 is 22.0 Å². The number of nitrogens with one attached hydrogen (secondary N) is 1. The van der Waals surface area contributed by atoms with Crippen LogP contribution in [-0.4, -0.2) is 27.1 Å². The van der Waals surface area contributed by atoms with Gasteiger partial charge in [-0.25, -0.2) is 8.78 Å². The first-order valence-electron chi connectivity index (χ1n) is 11.0. The first-order chi connectivity index (χ1) is 15.6. The molecule has 3 aromatic rings. The zero-order valence-corrected chi connectivity index (χ0v) is 17.6.